The molecule has 1 nitrogen and oxygen atoms in total. The van der Waals surface area contributed by atoms with E-state index in [0.29, 0.717) is 11.3 Å². The molecular weight excluding hydrogens is 228 g/mol. The molecule has 0 aromatic rings. The number of hydrogen-bond acceptors (Lipinski definition) is 2. The van der Waals surface area contributed by atoms with Crippen molar-refractivity contribution < 1.29 is 4.74 Å². The molecule has 0 aromatic carbocycles. The second-order valence-corrected chi connectivity index (χ2v) is 6.30. The second-order valence-electron chi connectivity index (χ2n) is 5.98. The lowest BCUT2D eigenvalue weighted by molar-refractivity contribution is 0.0291. The summed E-state index contributed by atoms with van der Waals surface area (Å²) in [7, 11) is 0. The van der Waals surface area contributed by atoms with Gasteiger partial charge in [0, 0.05) is 12.0 Å². The lowest BCUT2D eigenvalue weighted by atomic mass is 9.83. The van der Waals surface area contributed by atoms with Crippen LogP contribution < -0.4 is 0 Å². The van der Waals surface area contributed by atoms with Crippen molar-refractivity contribution in [2.24, 2.45) is 11.3 Å². The minimum atomic E-state index is 0.381. The van der Waals surface area contributed by atoms with Crippen LogP contribution in [0.4, 0.5) is 0 Å². The highest BCUT2D eigenvalue weighted by Gasteiger charge is 2.29. The Kier molecular flexibility index (Phi) is 7.61. The summed E-state index contributed by atoms with van der Waals surface area (Å²) in [6, 6.07) is 0. The molecule has 0 bridgehead atoms. The zero-order valence-corrected chi connectivity index (χ0v) is 12.6. The molecular formula is C15H30OS. The molecule has 2 heteroatoms. The Morgan fingerprint density at radius 3 is 2.35 bits per heavy atom. The van der Waals surface area contributed by atoms with Crippen LogP contribution in [0.1, 0.15) is 65.2 Å². The van der Waals surface area contributed by atoms with Crippen LogP contribution in [0, 0.1) is 11.3 Å². The molecule has 0 amide bonds. The van der Waals surface area contributed by atoms with Gasteiger partial charge in [-0.05, 0) is 30.9 Å². The summed E-state index contributed by atoms with van der Waals surface area (Å²) in [4.78, 5) is 0. The minimum Gasteiger partial charge on any atom is -0.381 e. The first kappa shape index (κ1) is 15.4. The molecule has 0 radical (unpaired) electrons. The Balaban J connectivity index is 2.29. The number of ether oxygens (including phenoxy) is 1. The number of rotatable bonds is 7. The van der Waals surface area contributed by atoms with E-state index >= 15 is 0 Å². The molecule has 0 spiro atoms. The molecule has 1 saturated carbocycles. The molecule has 0 aromatic heterocycles. The van der Waals surface area contributed by atoms with Crippen molar-refractivity contribution in [1.82, 2.24) is 0 Å². The predicted molar refractivity (Wildman–Crippen MR) is 78.9 cm³/mol. The largest absolute Gasteiger partial charge is 0.381 e. The third-order valence-electron chi connectivity index (χ3n) is 4.09. The summed E-state index contributed by atoms with van der Waals surface area (Å²) < 4.78 is 5.99. The molecule has 17 heavy (non-hydrogen) atoms. The van der Waals surface area contributed by atoms with E-state index in [2.05, 4.69) is 26.5 Å². The van der Waals surface area contributed by atoms with Gasteiger partial charge in [0.25, 0.3) is 0 Å². The van der Waals surface area contributed by atoms with E-state index in [1.807, 2.05) is 0 Å². The highest BCUT2D eigenvalue weighted by molar-refractivity contribution is 7.80. The molecule has 0 aliphatic heterocycles. The second kappa shape index (κ2) is 8.42. The summed E-state index contributed by atoms with van der Waals surface area (Å²) in [6.45, 7) is 6.41. The van der Waals surface area contributed by atoms with E-state index in [4.69, 9.17) is 4.74 Å². The van der Waals surface area contributed by atoms with Gasteiger partial charge in [-0.2, -0.15) is 12.6 Å². The van der Waals surface area contributed by atoms with Crippen LogP contribution in [0.25, 0.3) is 0 Å². The molecule has 0 saturated heterocycles. The first-order valence-corrected chi connectivity index (χ1v) is 8.04. The average Bonchev–Trinajstić information content (AvgIpc) is 2.56. The van der Waals surface area contributed by atoms with E-state index in [1.165, 1.54) is 51.4 Å². The number of thiol groups is 1. The fourth-order valence-corrected chi connectivity index (χ4v) is 3.29. The van der Waals surface area contributed by atoms with Gasteiger partial charge >= 0.3 is 0 Å². The fourth-order valence-electron chi connectivity index (χ4n) is 2.88. The Labute approximate surface area is 113 Å². The zero-order chi connectivity index (χ0) is 12.6. The standard InChI is InChI=1S/C15H30OS/c1-3-8-14(2)11-16-12-15(13-17)9-6-4-5-7-10-15/h14,17H,3-13H2,1-2H3. The molecule has 1 aliphatic rings. The molecule has 102 valence electrons. The quantitative estimate of drug-likeness (QED) is 0.514. The van der Waals surface area contributed by atoms with Gasteiger partial charge in [-0.1, -0.05) is 46.0 Å². The molecule has 1 rings (SSSR count). The van der Waals surface area contributed by atoms with Gasteiger partial charge in [-0.15, -0.1) is 0 Å². The molecule has 0 N–H and O–H groups in total. The fraction of sp³-hybridized carbons (Fsp3) is 1.00. The Morgan fingerprint density at radius 2 is 1.82 bits per heavy atom. The van der Waals surface area contributed by atoms with E-state index in [1.54, 1.807) is 0 Å². The lowest BCUT2D eigenvalue weighted by Gasteiger charge is -2.31. The highest BCUT2D eigenvalue weighted by atomic mass is 32.1. The molecule has 1 unspecified atom stereocenters. The van der Waals surface area contributed by atoms with Crippen molar-refractivity contribution in [2.75, 3.05) is 19.0 Å². The van der Waals surface area contributed by atoms with E-state index in [-0.39, 0.29) is 0 Å². The lowest BCUT2D eigenvalue weighted by Crippen LogP contribution is -2.29. The van der Waals surface area contributed by atoms with Crippen molar-refractivity contribution in [2.45, 2.75) is 65.2 Å². The molecule has 0 heterocycles. The van der Waals surface area contributed by atoms with Crippen molar-refractivity contribution in [3.05, 3.63) is 0 Å². The zero-order valence-electron chi connectivity index (χ0n) is 11.7. The molecule has 1 fully saturated rings. The topological polar surface area (TPSA) is 9.23 Å². The summed E-state index contributed by atoms with van der Waals surface area (Å²) in [6.07, 6.45) is 10.7. The van der Waals surface area contributed by atoms with Crippen LogP contribution in [0.15, 0.2) is 0 Å². The maximum absolute atomic E-state index is 5.99. The van der Waals surface area contributed by atoms with Crippen LogP contribution in [-0.2, 0) is 4.74 Å². The third kappa shape index (κ3) is 5.65. The summed E-state index contributed by atoms with van der Waals surface area (Å²) in [5.41, 5.74) is 0.381. The van der Waals surface area contributed by atoms with Gasteiger partial charge in [0.1, 0.15) is 0 Å². The van der Waals surface area contributed by atoms with Gasteiger partial charge in [0.15, 0.2) is 0 Å². The maximum Gasteiger partial charge on any atom is 0.0530 e. The summed E-state index contributed by atoms with van der Waals surface area (Å²) >= 11 is 4.58. The molecule has 1 atom stereocenters. The van der Waals surface area contributed by atoms with Gasteiger partial charge < -0.3 is 4.74 Å². The first-order chi connectivity index (χ1) is 8.22. The summed E-state index contributed by atoms with van der Waals surface area (Å²) in [5.74, 6) is 1.71. The van der Waals surface area contributed by atoms with E-state index in [0.717, 1.165) is 19.0 Å². The van der Waals surface area contributed by atoms with Gasteiger partial charge in [0.2, 0.25) is 0 Å². The van der Waals surface area contributed by atoms with Crippen LogP contribution in [0.2, 0.25) is 0 Å². The maximum atomic E-state index is 5.99. The normalized spacial score (nSPS) is 22.1. The molecule has 1 aliphatic carbocycles. The van der Waals surface area contributed by atoms with Crippen molar-refractivity contribution in [1.29, 1.82) is 0 Å². The monoisotopic (exact) mass is 258 g/mol. The third-order valence-corrected chi connectivity index (χ3v) is 4.76. The van der Waals surface area contributed by atoms with Crippen LogP contribution in [0.5, 0.6) is 0 Å². The minimum absolute atomic E-state index is 0.381. The predicted octanol–water partition coefficient (Wildman–Crippen LogP) is 4.71. The van der Waals surface area contributed by atoms with Crippen LogP contribution in [0.3, 0.4) is 0 Å². The smallest absolute Gasteiger partial charge is 0.0530 e. The first-order valence-electron chi connectivity index (χ1n) is 7.41. The Hall–Kier alpha value is 0.310. The van der Waals surface area contributed by atoms with Crippen molar-refractivity contribution >= 4 is 12.6 Å². The highest BCUT2D eigenvalue weighted by Crippen LogP contribution is 2.36. The SMILES string of the molecule is CCCC(C)COCC1(CS)CCCCCC1. The van der Waals surface area contributed by atoms with E-state index in [9.17, 15) is 0 Å². The number of hydrogen-bond donors (Lipinski definition) is 1. The van der Waals surface area contributed by atoms with Crippen LogP contribution in [-0.4, -0.2) is 19.0 Å². The summed E-state index contributed by atoms with van der Waals surface area (Å²) in [5, 5.41) is 0. The van der Waals surface area contributed by atoms with E-state index < -0.39 is 0 Å². The van der Waals surface area contributed by atoms with Crippen LogP contribution >= 0.6 is 12.6 Å². The van der Waals surface area contributed by atoms with Gasteiger partial charge in [-0.25, -0.2) is 0 Å². The van der Waals surface area contributed by atoms with Gasteiger partial charge in [0.05, 0.1) is 6.61 Å². The van der Waals surface area contributed by atoms with Crippen molar-refractivity contribution in [3.63, 3.8) is 0 Å². The Morgan fingerprint density at radius 1 is 1.18 bits per heavy atom. The average molecular weight is 258 g/mol. The Bertz CT molecular complexity index is 185. The van der Waals surface area contributed by atoms with Crippen molar-refractivity contribution in [3.8, 4) is 0 Å². The van der Waals surface area contributed by atoms with Gasteiger partial charge in [-0.3, -0.25) is 0 Å².